The highest BCUT2D eigenvalue weighted by Gasteiger charge is 2.47. The molecule has 1 aliphatic heterocycles. The van der Waals surface area contributed by atoms with Gasteiger partial charge in [-0.2, -0.15) is 0 Å². The number of para-hydroxylation sites is 1. The normalized spacial score (nSPS) is 19.3. The fraction of sp³-hybridized carbons (Fsp3) is 0.250. The molecule has 1 aliphatic rings. The molecule has 1 amide bonds. The topological polar surface area (TPSA) is 63.5 Å². The number of hydrogen-bond acceptors (Lipinski definition) is 3. The van der Waals surface area contributed by atoms with Gasteiger partial charge >= 0.3 is 0 Å². The molecule has 0 N–H and O–H groups in total. The molecule has 0 aliphatic carbocycles. The standard InChI is InChI=1S/C28H28N2O3/c1-20-9-11-21(12-10-20)13-18-26(31)29-25-8-6-5-7-24(25)28(4,19-27(29,2)3)22-14-16-23(17-15-22)30(32)33/h5-18H,19H2,1-4H3. The summed E-state index contributed by atoms with van der Waals surface area (Å²) < 4.78 is 0. The van der Waals surface area contributed by atoms with E-state index in [-0.39, 0.29) is 16.5 Å². The van der Waals surface area contributed by atoms with Crippen molar-refractivity contribution in [3.63, 3.8) is 0 Å². The summed E-state index contributed by atoms with van der Waals surface area (Å²) in [7, 11) is 0. The highest BCUT2D eigenvalue weighted by atomic mass is 16.6. The van der Waals surface area contributed by atoms with Crippen molar-refractivity contribution < 1.29 is 9.72 Å². The van der Waals surface area contributed by atoms with Crippen LogP contribution in [0.3, 0.4) is 0 Å². The van der Waals surface area contributed by atoms with Crippen LogP contribution in [0.5, 0.6) is 0 Å². The minimum atomic E-state index is -0.473. The van der Waals surface area contributed by atoms with Crippen LogP contribution < -0.4 is 4.90 Å². The number of carbonyl (C=O) groups excluding carboxylic acids is 1. The van der Waals surface area contributed by atoms with Gasteiger partial charge in [-0.05, 0) is 56.0 Å². The van der Waals surface area contributed by atoms with Gasteiger partial charge in [0.1, 0.15) is 0 Å². The average Bonchev–Trinajstić information content (AvgIpc) is 2.78. The number of benzene rings is 3. The largest absolute Gasteiger partial charge is 0.303 e. The van der Waals surface area contributed by atoms with Crippen molar-refractivity contribution in [2.45, 2.75) is 45.1 Å². The van der Waals surface area contributed by atoms with E-state index in [1.54, 1.807) is 18.2 Å². The fourth-order valence-electron chi connectivity index (χ4n) is 5.05. The van der Waals surface area contributed by atoms with Crippen LogP contribution in [-0.2, 0) is 10.2 Å². The molecule has 168 valence electrons. The molecule has 5 heteroatoms. The number of amides is 1. The molecule has 0 spiro atoms. The fourth-order valence-corrected chi connectivity index (χ4v) is 5.05. The Labute approximate surface area is 194 Å². The molecule has 1 heterocycles. The molecule has 1 unspecified atom stereocenters. The Morgan fingerprint density at radius 1 is 0.970 bits per heavy atom. The molecule has 1 atom stereocenters. The van der Waals surface area contributed by atoms with E-state index >= 15 is 0 Å². The highest BCUT2D eigenvalue weighted by molar-refractivity contribution is 6.06. The molecule has 5 nitrogen and oxygen atoms in total. The summed E-state index contributed by atoms with van der Waals surface area (Å²) in [6.45, 7) is 8.33. The van der Waals surface area contributed by atoms with Crippen LogP contribution in [0.2, 0.25) is 0 Å². The average molecular weight is 441 g/mol. The van der Waals surface area contributed by atoms with Crippen LogP contribution in [0.4, 0.5) is 11.4 Å². The third kappa shape index (κ3) is 4.19. The summed E-state index contributed by atoms with van der Waals surface area (Å²) in [4.78, 5) is 26.1. The first kappa shape index (κ1) is 22.5. The Morgan fingerprint density at radius 3 is 2.24 bits per heavy atom. The predicted octanol–water partition coefficient (Wildman–Crippen LogP) is 6.44. The Bertz CT molecular complexity index is 1230. The highest BCUT2D eigenvalue weighted by Crippen LogP contribution is 2.50. The van der Waals surface area contributed by atoms with E-state index in [1.807, 2.05) is 72.5 Å². The number of fused-ring (bicyclic) bond motifs is 1. The number of hydrogen-bond donors (Lipinski definition) is 0. The molecule has 0 bridgehead atoms. The van der Waals surface area contributed by atoms with Crippen molar-refractivity contribution in [3.8, 4) is 0 Å². The second kappa shape index (κ2) is 8.32. The monoisotopic (exact) mass is 440 g/mol. The van der Waals surface area contributed by atoms with Crippen molar-refractivity contribution in [3.05, 3.63) is 111 Å². The van der Waals surface area contributed by atoms with Gasteiger partial charge in [0.25, 0.3) is 11.6 Å². The number of nitro benzene ring substituents is 1. The van der Waals surface area contributed by atoms with Crippen LogP contribution >= 0.6 is 0 Å². The zero-order chi connectivity index (χ0) is 23.8. The second-order valence-electron chi connectivity index (χ2n) is 9.56. The SMILES string of the molecule is Cc1ccc(C=CC(=O)N2c3ccccc3C(C)(c3ccc([N+](=O)[O-])cc3)CC2(C)C)cc1. The van der Waals surface area contributed by atoms with Gasteiger partial charge in [-0.3, -0.25) is 14.9 Å². The Hall–Kier alpha value is -3.73. The lowest BCUT2D eigenvalue weighted by molar-refractivity contribution is -0.384. The lowest BCUT2D eigenvalue weighted by atomic mass is 9.65. The molecule has 3 aromatic carbocycles. The van der Waals surface area contributed by atoms with Gasteiger partial charge in [0.2, 0.25) is 0 Å². The van der Waals surface area contributed by atoms with E-state index in [2.05, 4.69) is 26.8 Å². The maximum Gasteiger partial charge on any atom is 0.269 e. The van der Waals surface area contributed by atoms with Gasteiger partial charge in [0.15, 0.2) is 0 Å². The zero-order valence-electron chi connectivity index (χ0n) is 19.4. The molecule has 0 saturated carbocycles. The molecule has 33 heavy (non-hydrogen) atoms. The number of aryl methyl sites for hydroxylation is 1. The predicted molar refractivity (Wildman–Crippen MR) is 132 cm³/mol. The first-order valence-corrected chi connectivity index (χ1v) is 11.1. The number of anilines is 1. The van der Waals surface area contributed by atoms with Gasteiger partial charge < -0.3 is 4.90 Å². The molecular weight excluding hydrogens is 412 g/mol. The molecule has 0 aromatic heterocycles. The van der Waals surface area contributed by atoms with Gasteiger partial charge in [-0.1, -0.05) is 67.1 Å². The van der Waals surface area contributed by atoms with E-state index in [4.69, 9.17) is 0 Å². The summed E-state index contributed by atoms with van der Waals surface area (Å²) in [5.41, 5.74) is 4.26. The Kier molecular flexibility index (Phi) is 5.66. The number of rotatable bonds is 4. The molecular formula is C28H28N2O3. The minimum Gasteiger partial charge on any atom is -0.303 e. The van der Waals surface area contributed by atoms with Gasteiger partial charge in [-0.25, -0.2) is 0 Å². The molecule has 0 fully saturated rings. The quantitative estimate of drug-likeness (QED) is 0.266. The smallest absolute Gasteiger partial charge is 0.269 e. The van der Waals surface area contributed by atoms with Crippen LogP contribution in [0.1, 0.15) is 49.4 Å². The third-order valence-corrected chi connectivity index (χ3v) is 6.56. The first-order chi connectivity index (χ1) is 15.6. The van der Waals surface area contributed by atoms with E-state index < -0.39 is 11.0 Å². The third-order valence-electron chi connectivity index (χ3n) is 6.56. The maximum atomic E-state index is 13.4. The number of non-ortho nitro benzene ring substituents is 1. The van der Waals surface area contributed by atoms with Crippen molar-refractivity contribution in [2.24, 2.45) is 0 Å². The number of nitro groups is 1. The van der Waals surface area contributed by atoms with Crippen molar-refractivity contribution >= 4 is 23.4 Å². The molecule has 4 rings (SSSR count). The second-order valence-corrected chi connectivity index (χ2v) is 9.56. The van der Waals surface area contributed by atoms with Crippen molar-refractivity contribution in [2.75, 3.05) is 4.90 Å². The van der Waals surface area contributed by atoms with Crippen molar-refractivity contribution in [1.82, 2.24) is 0 Å². The van der Waals surface area contributed by atoms with E-state index in [0.29, 0.717) is 6.42 Å². The van der Waals surface area contributed by atoms with Gasteiger partial charge in [0.05, 0.1) is 4.92 Å². The van der Waals surface area contributed by atoms with E-state index in [1.165, 1.54) is 5.56 Å². The lowest BCUT2D eigenvalue weighted by Crippen LogP contribution is -2.55. The molecule has 3 aromatic rings. The van der Waals surface area contributed by atoms with Crippen LogP contribution in [0, 0.1) is 17.0 Å². The van der Waals surface area contributed by atoms with E-state index in [9.17, 15) is 14.9 Å². The summed E-state index contributed by atoms with van der Waals surface area (Å²) in [5, 5.41) is 11.1. The molecule has 0 radical (unpaired) electrons. The summed E-state index contributed by atoms with van der Waals surface area (Å²) in [6.07, 6.45) is 4.17. The van der Waals surface area contributed by atoms with Crippen LogP contribution in [0.25, 0.3) is 6.08 Å². The van der Waals surface area contributed by atoms with Crippen LogP contribution in [0.15, 0.2) is 78.9 Å². The minimum absolute atomic E-state index is 0.0706. The lowest BCUT2D eigenvalue weighted by Gasteiger charge is -2.51. The number of carbonyl (C=O) groups is 1. The van der Waals surface area contributed by atoms with Gasteiger partial charge in [0, 0.05) is 34.9 Å². The molecule has 0 saturated heterocycles. The van der Waals surface area contributed by atoms with E-state index in [0.717, 1.165) is 22.4 Å². The van der Waals surface area contributed by atoms with Crippen LogP contribution in [-0.4, -0.2) is 16.4 Å². The van der Waals surface area contributed by atoms with Gasteiger partial charge in [-0.15, -0.1) is 0 Å². The summed E-state index contributed by atoms with van der Waals surface area (Å²) in [6, 6.07) is 22.8. The first-order valence-electron chi connectivity index (χ1n) is 11.1. The zero-order valence-corrected chi connectivity index (χ0v) is 19.4. The maximum absolute atomic E-state index is 13.4. The Balaban J connectivity index is 1.75. The Morgan fingerprint density at radius 2 is 1.61 bits per heavy atom. The summed E-state index contributed by atoms with van der Waals surface area (Å²) in [5.74, 6) is -0.0706. The van der Waals surface area contributed by atoms with Crippen molar-refractivity contribution in [1.29, 1.82) is 0 Å². The summed E-state index contributed by atoms with van der Waals surface area (Å²) >= 11 is 0. The number of nitrogens with zero attached hydrogens (tertiary/aromatic N) is 2.